The van der Waals surface area contributed by atoms with Crippen molar-refractivity contribution in [2.75, 3.05) is 38.1 Å². The highest BCUT2D eigenvalue weighted by Crippen LogP contribution is 2.32. The molecule has 0 aliphatic heterocycles. The molecule has 2 aromatic rings. The lowest BCUT2D eigenvalue weighted by Crippen LogP contribution is -2.51. The largest absolute Gasteiger partial charge is 0.505 e. The topological polar surface area (TPSA) is 125 Å². The summed E-state index contributed by atoms with van der Waals surface area (Å²) in [6.45, 7) is 2.16. The minimum Gasteiger partial charge on any atom is -0.505 e. The number of hydrazine groups is 1. The van der Waals surface area contributed by atoms with Gasteiger partial charge in [-0.25, -0.2) is 5.84 Å². The lowest BCUT2D eigenvalue weighted by atomic mass is 10.1. The van der Waals surface area contributed by atoms with Crippen LogP contribution in [0.3, 0.4) is 0 Å². The summed E-state index contributed by atoms with van der Waals surface area (Å²) in [6, 6.07) is 4.22. The summed E-state index contributed by atoms with van der Waals surface area (Å²) < 4.78 is 5.09. The number of nitrogens with one attached hydrogen (secondary N) is 1. The van der Waals surface area contributed by atoms with Gasteiger partial charge >= 0.3 is 0 Å². The van der Waals surface area contributed by atoms with E-state index in [1.54, 1.807) is 20.2 Å². The molecular weight excluding hydrogens is 352 g/mol. The Balaban J connectivity index is 2.39. The summed E-state index contributed by atoms with van der Waals surface area (Å²) in [7, 11) is 4.64. The van der Waals surface area contributed by atoms with E-state index in [0.717, 1.165) is 0 Å². The predicted molar refractivity (Wildman–Crippen MR) is 103 cm³/mol. The number of phenolic OH excluding ortho intramolecular Hbond substituents is 1. The molecule has 0 saturated carbocycles. The smallest absolute Gasteiger partial charge is 0.257 e. The monoisotopic (exact) mass is 376 g/mol. The maximum atomic E-state index is 12.1. The number of benzene rings is 1. The highest BCUT2D eigenvalue weighted by molar-refractivity contribution is 5.99. The van der Waals surface area contributed by atoms with Crippen LogP contribution in [-0.2, 0) is 4.74 Å². The van der Waals surface area contributed by atoms with Gasteiger partial charge in [-0.05, 0) is 18.6 Å². The highest BCUT2D eigenvalue weighted by Gasteiger charge is 2.29. The second kappa shape index (κ2) is 8.19. The summed E-state index contributed by atoms with van der Waals surface area (Å²) in [4.78, 5) is 37.6. The number of anilines is 3. The summed E-state index contributed by atoms with van der Waals surface area (Å²) in [5.74, 6) is 5.32. The van der Waals surface area contributed by atoms with Crippen molar-refractivity contribution in [3.8, 4) is 5.75 Å². The Bertz CT molecular complexity index is 902. The number of carbonyl (C=O) groups is 1. The molecule has 0 spiro atoms. The first-order valence-electron chi connectivity index (χ1n) is 8.41. The van der Waals surface area contributed by atoms with Crippen molar-refractivity contribution in [3.05, 3.63) is 44.2 Å². The van der Waals surface area contributed by atoms with Gasteiger partial charge in [0.2, 0.25) is 0 Å². The van der Waals surface area contributed by atoms with Gasteiger partial charge in [-0.15, -0.1) is 0 Å². The Morgan fingerprint density at radius 1 is 1.30 bits per heavy atom. The van der Waals surface area contributed by atoms with Crippen LogP contribution in [-0.4, -0.2) is 49.8 Å². The molecule has 0 aliphatic rings. The number of phenols is 1. The van der Waals surface area contributed by atoms with Crippen molar-refractivity contribution >= 4 is 23.0 Å². The minimum atomic E-state index is -0.739. The highest BCUT2D eigenvalue weighted by atomic mass is 16.5. The molecule has 146 valence electrons. The van der Waals surface area contributed by atoms with Crippen LogP contribution in [0.1, 0.15) is 23.7 Å². The third-order valence-corrected chi connectivity index (χ3v) is 4.30. The summed E-state index contributed by atoms with van der Waals surface area (Å²) in [5, 5.41) is 14.3. The van der Waals surface area contributed by atoms with Gasteiger partial charge in [0, 0.05) is 21.2 Å². The van der Waals surface area contributed by atoms with Gasteiger partial charge in [0.15, 0.2) is 5.75 Å². The summed E-state index contributed by atoms with van der Waals surface area (Å²) in [5.41, 5.74) is -1.26. The molecule has 0 bridgehead atoms. The molecular formula is C18H24N4O5. The van der Waals surface area contributed by atoms with Crippen LogP contribution in [0.2, 0.25) is 0 Å². The number of nitrogens with zero attached hydrogens (tertiary/aromatic N) is 2. The Hall–Kier alpha value is -2.91. The number of amides is 1. The number of aromatic hydroxyl groups is 1. The molecule has 0 fully saturated rings. The van der Waals surface area contributed by atoms with E-state index < -0.39 is 16.8 Å². The van der Waals surface area contributed by atoms with Gasteiger partial charge in [-0.3, -0.25) is 19.4 Å². The molecule has 0 saturated heterocycles. The van der Waals surface area contributed by atoms with E-state index in [0.29, 0.717) is 6.42 Å². The van der Waals surface area contributed by atoms with Crippen molar-refractivity contribution in [3.63, 3.8) is 0 Å². The Kier molecular flexibility index (Phi) is 6.19. The molecule has 1 amide bonds. The molecule has 9 heteroatoms. The number of methoxy groups -OCH3 is 1. The Morgan fingerprint density at radius 2 is 1.96 bits per heavy atom. The van der Waals surface area contributed by atoms with E-state index in [9.17, 15) is 19.5 Å². The SMILES string of the molecule is CC[C@@H](COC)N(N)c1c(Nc2cccc(C(=O)N(C)C)c2O)c(=O)c1=O. The molecule has 0 aliphatic carbocycles. The maximum absolute atomic E-state index is 12.1. The van der Waals surface area contributed by atoms with E-state index in [-0.39, 0.29) is 41.0 Å². The third-order valence-electron chi connectivity index (χ3n) is 4.30. The van der Waals surface area contributed by atoms with Crippen molar-refractivity contribution in [1.29, 1.82) is 0 Å². The number of hydrogen-bond donors (Lipinski definition) is 3. The molecule has 2 aromatic carbocycles. The van der Waals surface area contributed by atoms with Crippen molar-refractivity contribution in [1.82, 2.24) is 4.90 Å². The molecule has 0 unspecified atom stereocenters. The zero-order valence-corrected chi connectivity index (χ0v) is 15.8. The van der Waals surface area contributed by atoms with Gasteiger partial charge < -0.3 is 20.1 Å². The fourth-order valence-corrected chi connectivity index (χ4v) is 2.70. The number of carbonyl (C=O) groups excluding carboxylic acids is 1. The normalized spacial score (nSPS) is 12.0. The molecule has 0 aromatic heterocycles. The van der Waals surface area contributed by atoms with Crippen LogP contribution in [0.15, 0.2) is 27.8 Å². The lowest BCUT2D eigenvalue weighted by Gasteiger charge is -2.30. The average Bonchev–Trinajstić information content (AvgIpc) is 2.65. The van der Waals surface area contributed by atoms with E-state index in [4.69, 9.17) is 10.6 Å². The van der Waals surface area contributed by atoms with Gasteiger partial charge in [0.25, 0.3) is 16.8 Å². The first kappa shape index (κ1) is 20.4. The Labute approximate surface area is 156 Å². The number of nitrogens with two attached hydrogens (primary N) is 1. The second-order valence-corrected chi connectivity index (χ2v) is 6.33. The fraction of sp³-hybridized carbons (Fsp3) is 0.389. The van der Waals surface area contributed by atoms with Crippen LogP contribution in [0.5, 0.6) is 5.75 Å². The van der Waals surface area contributed by atoms with Crippen molar-refractivity contribution in [2.24, 2.45) is 5.84 Å². The zero-order valence-electron chi connectivity index (χ0n) is 15.8. The molecule has 2 rings (SSSR count). The quantitative estimate of drug-likeness (QED) is 0.264. The Morgan fingerprint density at radius 3 is 2.52 bits per heavy atom. The van der Waals surface area contributed by atoms with Crippen molar-refractivity contribution < 1.29 is 14.6 Å². The molecule has 0 heterocycles. The molecule has 1 atom stereocenters. The van der Waals surface area contributed by atoms with E-state index >= 15 is 0 Å². The van der Waals surface area contributed by atoms with Crippen LogP contribution < -0.4 is 27.0 Å². The molecule has 4 N–H and O–H groups in total. The maximum Gasteiger partial charge on any atom is 0.257 e. The average molecular weight is 376 g/mol. The van der Waals surface area contributed by atoms with Crippen LogP contribution in [0, 0.1) is 0 Å². The second-order valence-electron chi connectivity index (χ2n) is 6.33. The minimum absolute atomic E-state index is 0.0210. The van der Waals surface area contributed by atoms with Crippen molar-refractivity contribution in [2.45, 2.75) is 19.4 Å². The van der Waals surface area contributed by atoms with Gasteiger partial charge in [0.1, 0.15) is 11.4 Å². The lowest BCUT2D eigenvalue weighted by molar-refractivity contribution is 0.0824. The number of hydrogen-bond acceptors (Lipinski definition) is 8. The predicted octanol–water partition coefficient (Wildman–Crippen LogP) is 0.539. The number of ether oxygens (including phenoxy) is 1. The van der Waals surface area contributed by atoms with E-state index in [1.807, 2.05) is 6.92 Å². The number of rotatable bonds is 8. The van der Waals surface area contributed by atoms with E-state index in [2.05, 4.69) is 5.32 Å². The van der Waals surface area contributed by atoms with E-state index in [1.165, 1.54) is 29.2 Å². The number of para-hydroxylation sites is 1. The van der Waals surface area contributed by atoms with Crippen LogP contribution >= 0.6 is 0 Å². The van der Waals surface area contributed by atoms with Gasteiger partial charge in [-0.2, -0.15) is 0 Å². The third kappa shape index (κ3) is 3.79. The fourth-order valence-electron chi connectivity index (χ4n) is 2.70. The van der Waals surface area contributed by atoms with Crippen LogP contribution in [0.4, 0.5) is 17.1 Å². The summed E-state index contributed by atoms with van der Waals surface area (Å²) >= 11 is 0. The molecule has 27 heavy (non-hydrogen) atoms. The zero-order chi connectivity index (χ0) is 20.3. The van der Waals surface area contributed by atoms with Crippen LogP contribution in [0.25, 0.3) is 0 Å². The first-order chi connectivity index (χ1) is 12.7. The van der Waals surface area contributed by atoms with Gasteiger partial charge in [-0.1, -0.05) is 13.0 Å². The first-order valence-corrected chi connectivity index (χ1v) is 8.41. The molecule has 9 nitrogen and oxygen atoms in total. The van der Waals surface area contributed by atoms with Gasteiger partial charge in [0.05, 0.1) is 23.9 Å². The summed E-state index contributed by atoms with van der Waals surface area (Å²) in [6.07, 6.45) is 0.598. The standard InChI is InChI=1S/C18H24N4O5/c1-5-10(9-27-4)22(19)14-13(16(24)17(14)25)20-12-8-6-7-11(15(12)23)18(26)21(2)3/h6-8,10,20,23H,5,9,19H2,1-4H3/t10-/m0/s1. The molecule has 0 radical (unpaired) electrons.